The lowest BCUT2D eigenvalue weighted by Crippen LogP contribution is -2.19. The van der Waals surface area contributed by atoms with Crippen molar-refractivity contribution in [2.45, 2.75) is 25.6 Å². The smallest absolute Gasteiger partial charge is 0.276 e. The third-order valence-electron chi connectivity index (χ3n) is 2.72. The van der Waals surface area contributed by atoms with Crippen LogP contribution in [0.5, 0.6) is 0 Å². The number of nitro groups is 1. The van der Waals surface area contributed by atoms with Crippen molar-refractivity contribution in [1.82, 2.24) is 0 Å². The highest BCUT2D eigenvalue weighted by Gasteiger charge is 2.26. The number of rotatable bonds is 6. The van der Waals surface area contributed by atoms with Crippen LogP contribution in [0.15, 0.2) is 18.2 Å². The Morgan fingerprint density at radius 2 is 2.11 bits per heavy atom. The highest BCUT2D eigenvalue weighted by Crippen LogP contribution is 2.29. The number of carbonyl (C=O) groups excluding carboxylic acids is 1. The Kier molecular flexibility index (Phi) is 5.59. The number of benzene rings is 1. The minimum Gasteiger partial charge on any atom is -0.390 e. The van der Waals surface area contributed by atoms with Crippen LogP contribution in [-0.2, 0) is 0 Å². The molecule has 0 radical (unpaired) electrons. The number of Topliss-reactive ketones (excluding diaryl/α,β-unsaturated/α-hetero) is 1. The standard InChI is InChI=1S/C12H14BrNO5/c1-7(15)8-2-3-9(10(6-8)14(18)19)12(17)11(16)4-5-13/h2-3,6,11-12,16-17H,4-5H2,1H3. The molecule has 0 saturated heterocycles. The molecule has 1 rings (SSSR count). The van der Waals surface area contributed by atoms with Gasteiger partial charge in [-0.05, 0) is 19.4 Å². The van der Waals surface area contributed by atoms with Crippen molar-refractivity contribution in [3.63, 3.8) is 0 Å². The number of carbonyl (C=O) groups is 1. The molecular weight excluding hydrogens is 318 g/mol. The van der Waals surface area contributed by atoms with Gasteiger partial charge in [-0.15, -0.1) is 0 Å². The maximum Gasteiger partial charge on any atom is 0.276 e. The number of alkyl halides is 1. The molecular formula is C12H14BrNO5. The third kappa shape index (κ3) is 3.82. The van der Waals surface area contributed by atoms with Gasteiger partial charge < -0.3 is 10.2 Å². The lowest BCUT2D eigenvalue weighted by Gasteiger charge is -2.17. The monoisotopic (exact) mass is 331 g/mol. The summed E-state index contributed by atoms with van der Waals surface area (Å²) in [6.45, 7) is 1.30. The first-order chi connectivity index (χ1) is 8.88. The Labute approximate surface area is 118 Å². The summed E-state index contributed by atoms with van der Waals surface area (Å²) in [5.41, 5.74) is -0.171. The maximum atomic E-state index is 11.2. The normalized spacial score (nSPS) is 13.9. The predicted octanol–water partition coefficient (Wildman–Crippen LogP) is 1.98. The molecule has 2 N–H and O–H groups in total. The maximum absolute atomic E-state index is 11.2. The zero-order chi connectivity index (χ0) is 14.6. The fraction of sp³-hybridized carbons (Fsp3) is 0.417. The molecule has 104 valence electrons. The Morgan fingerprint density at radius 1 is 1.47 bits per heavy atom. The number of hydrogen-bond acceptors (Lipinski definition) is 5. The number of nitrogens with zero attached hydrogens (tertiary/aromatic N) is 1. The van der Waals surface area contributed by atoms with Gasteiger partial charge in [0.25, 0.3) is 5.69 Å². The van der Waals surface area contributed by atoms with Gasteiger partial charge in [-0.3, -0.25) is 14.9 Å². The largest absolute Gasteiger partial charge is 0.390 e. The number of aliphatic hydroxyl groups is 2. The van der Waals surface area contributed by atoms with Gasteiger partial charge in [0.15, 0.2) is 5.78 Å². The Hall–Kier alpha value is -1.31. The topological polar surface area (TPSA) is 101 Å². The summed E-state index contributed by atoms with van der Waals surface area (Å²) in [7, 11) is 0. The van der Waals surface area contributed by atoms with Crippen molar-refractivity contribution in [2.24, 2.45) is 0 Å². The van der Waals surface area contributed by atoms with E-state index in [2.05, 4.69) is 15.9 Å². The van der Waals surface area contributed by atoms with Crippen LogP contribution in [0, 0.1) is 10.1 Å². The molecule has 1 aromatic carbocycles. The average Bonchev–Trinajstić information content (AvgIpc) is 2.37. The molecule has 6 nitrogen and oxygen atoms in total. The van der Waals surface area contributed by atoms with E-state index in [1.54, 1.807) is 0 Å². The molecule has 19 heavy (non-hydrogen) atoms. The first-order valence-corrected chi connectivity index (χ1v) is 6.72. The molecule has 2 atom stereocenters. The molecule has 0 spiro atoms. The van der Waals surface area contributed by atoms with Crippen LogP contribution in [0.3, 0.4) is 0 Å². The Balaban J connectivity index is 3.20. The number of nitro benzene ring substituents is 1. The second-order valence-electron chi connectivity index (χ2n) is 4.08. The minimum absolute atomic E-state index is 0.00319. The Bertz CT molecular complexity index is 491. The predicted molar refractivity (Wildman–Crippen MR) is 72.5 cm³/mol. The minimum atomic E-state index is -1.36. The lowest BCUT2D eigenvalue weighted by atomic mass is 9.98. The number of hydrogen-bond donors (Lipinski definition) is 2. The van der Waals surface area contributed by atoms with Crippen LogP contribution in [0.1, 0.15) is 35.4 Å². The third-order valence-corrected chi connectivity index (χ3v) is 3.18. The zero-order valence-corrected chi connectivity index (χ0v) is 11.8. The fourth-order valence-corrected chi connectivity index (χ4v) is 2.12. The van der Waals surface area contributed by atoms with Crippen molar-refractivity contribution in [2.75, 3.05) is 5.33 Å². The van der Waals surface area contributed by atoms with Crippen LogP contribution in [0.25, 0.3) is 0 Å². The van der Waals surface area contributed by atoms with Crippen LogP contribution < -0.4 is 0 Å². The van der Waals surface area contributed by atoms with Crippen LogP contribution in [0.4, 0.5) is 5.69 Å². The van der Waals surface area contributed by atoms with E-state index < -0.39 is 17.1 Å². The summed E-state index contributed by atoms with van der Waals surface area (Å²) >= 11 is 3.12. The van der Waals surface area contributed by atoms with E-state index in [1.165, 1.54) is 19.1 Å². The molecule has 2 unspecified atom stereocenters. The summed E-state index contributed by atoms with van der Waals surface area (Å²) in [6.07, 6.45) is -2.22. The van der Waals surface area contributed by atoms with E-state index in [1.807, 2.05) is 0 Å². The van der Waals surface area contributed by atoms with E-state index in [4.69, 9.17) is 0 Å². The fourth-order valence-electron chi connectivity index (χ4n) is 1.65. The summed E-state index contributed by atoms with van der Waals surface area (Å²) in [6, 6.07) is 3.81. The molecule has 0 amide bonds. The molecule has 0 aliphatic carbocycles. The summed E-state index contributed by atoms with van der Waals surface area (Å²) in [4.78, 5) is 21.5. The van der Waals surface area contributed by atoms with Crippen molar-refractivity contribution in [1.29, 1.82) is 0 Å². The first kappa shape index (κ1) is 15.7. The van der Waals surface area contributed by atoms with Crippen molar-refractivity contribution in [3.8, 4) is 0 Å². The van der Waals surface area contributed by atoms with Gasteiger partial charge >= 0.3 is 0 Å². The second-order valence-corrected chi connectivity index (χ2v) is 4.87. The lowest BCUT2D eigenvalue weighted by molar-refractivity contribution is -0.386. The van der Waals surface area contributed by atoms with Gasteiger partial charge in [0, 0.05) is 17.0 Å². The molecule has 0 aromatic heterocycles. The summed E-state index contributed by atoms with van der Waals surface area (Å²) in [5, 5.41) is 31.0. The first-order valence-electron chi connectivity index (χ1n) is 5.59. The molecule has 1 aromatic rings. The molecule has 7 heteroatoms. The highest BCUT2D eigenvalue weighted by atomic mass is 79.9. The van der Waals surface area contributed by atoms with Crippen molar-refractivity contribution in [3.05, 3.63) is 39.4 Å². The van der Waals surface area contributed by atoms with Crippen LogP contribution in [0.2, 0.25) is 0 Å². The van der Waals surface area contributed by atoms with Gasteiger partial charge in [0.1, 0.15) is 6.10 Å². The zero-order valence-electron chi connectivity index (χ0n) is 10.2. The molecule has 0 bridgehead atoms. The van der Waals surface area contributed by atoms with E-state index in [0.29, 0.717) is 5.33 Å². The molecule has 0 saturated carbocycles. The van der Waals surface area contributed by atoms with Gasteiger partial charge in [0.2, 0.25) is 0 Å². The number of aliphatic hydroxyl groups excluding tert-OH is 2. The van der Waals surface area contributed by atoms with E-state index in [9.17, 15) is 25.1 Å². The SMILES string of the molecule is CC(=O)c1ccc(C(O)C(O)CCBr)c([N+](=O)[O-])c1. The van der Waals surface area contributed by atoms with Crippen LogP contribution in [-0.4, -0.2) is 32.4 Å². The highest BCUT2D eigenvalue weighted by molar-refractivity contribution is 9.09. The van der Waals surface area contributed by atoms with Gasteiger partial charge in [-0.25, -0.2) is 0 Å². The second kappa shape index (κ2) is 6.74. The summed E-state index contributed by atoms with van der Waals surface area (Å²) < 4.78 is 0. The van der Waals surface area contributed by atoms with Crippen molar-refractivity contribution >= 4 is 27.4 Å². The quantitative estimate of drug-likeness (QED) is 0.359. The van der Waals surface area contributed by atoms with E-state index >= 15 is 0 Å². The molecule has 0 aliphatic heterocycles. The van der Waals surface area contributed by atoms with Crippen molar-refractivity contribution < 1.29 is 19.9 Å². The van der Waals surface area contributed by atoms with Gasteiger partial charge in [-0.2, -0.15) is 0 Å². The van der Waals surface area contributed by atoms with E-state index in [-0.39, 0.29) is 29.0 Å². The van der Waals surface area contributed by atoms with Gasteiger partial charge in [0.05, 0.1) is 16.6 Å². The average molecular weight is 332 g/mol. The number of ketones is 1. The molecule has 0 fully saturated rings. The Morgan fingerprint density at radius 3 is 2.58 bits per heavy atom. The summed E-state index contributed by atoms with van der Waals surface area (Å²) in [5.74, 6) is -0.301. The van der Waals surface area contributed by atoms with Crippen LogP contribution >= 0.6 is 15.9 Å². The molecule has 0 aliphatic rings. The van der Waals surface area contributed by atoms with Gasteiger partial charge in [-0.1, -0.05) is 22.0 Å². The molecule has 0 heterocycles. The van der Waals surface area contributed by atoms with E-state index in [0.717, 1.165) is 6.07 Å². The number of halogens is 1.